The van der Waals surface area contributed by atoms with Crippen LogP contribution in [0, 0.1) is 0 Å². The van der Waals surface area contributed by atoms with E-state index in [-0.39, 0.29) is 17.1 Å². The van der Waals surface area contributed by atoms with E-state index in [1.807, 2.05) is 0 Å². The molecule has 0 spiro atoms. The molecule has 4 rings (SSSR count). The van der Waals surface area contributed by atoms with Gasteiger partial charge in [-0.05, 0) is 38.1 Å². The SMILES string of the molecule is CN1C2CCC1CC(OC(=O)n1c(=O)[nH]c3cc(C(F)(F)F)ccc31)C2. The number of piperidine rings is 1. The molecule has 0 aliphatic carbocycles. The number of alkyl halides is 3. The highest BCUT2D eigenvalue weighted by Gasteiger charge is 2.40. The van der Waals surface area contributed by atoms with Crippen LogP contribution in [-0.4, -0.2) is 45.8 Å². The number of nitrogens with zero attached hydrogens (tertiary/aromatic N) is 2. The molecule has 2 aliphatic rings. The summed E-state index contributed by atoms with van der Waals surface area (Å²) >= 11 is 0. The predicted octanol–water partition coefficient (Wildman–Crippen LogP) is 2.96. The third kappa shape index (κ3) is 2.80. The fraction of sp³-hybridized carbons (Fsp3) is 0.529. The molecule has 3 heterocycles. The number of aromatic amines is 1. The van der Waals surface area contributed by atoms with Gasteiger partial charge in [0.2, 0.25) is 0 Å². The smallest absolute Gasteiger partial charge is 0.423 e. The Morgan fingerprint density at radius 1 is 1.23 bits per heavy atom. The standard InChI is InChI=1S/C17H18F3N3O3/c1-22-10-3-4-11(22)8-12(7-10)26-16(25)23-14-5-2-9(17(18,19)20)6-13(14)21-15(23)24/h2,5-6,10-12H,3-4,7-8H2,1H3,(H,21,24). The van der Waals surface area contributed by atoms with E-state index < -0.39 is 23.5 Å². The monoisotopic (exact) mass is 369 g/mol. The van der Waals surface area contributed by atoms with Crippen LogP contribution in [0.15, 0.2) is 23.0 Å². The van der Waals surface area contributed by atoms with Crippen LogP contribution in [0.4, 0.5) is 18.0 Å². The van der Waals surface area contributed by atoms with Crippen molar-refractivity contribution in [3.8, 4) is 0 Å². The summed E-state index contributed by atoms with van der Waals surface area (Å²) in [5, 5.41) is 0. The molecule has 0 saturated carbocycles. The molecule has 140 valence electrons. The Balaban J connectivity index is 1.59. The number of nitrogens with one attached hydrogen (secondary N) is 1. The molecule has 2 bridgehead atoms. The number of imidazole rings is 1. The van der Waals surface area contributed by atoms with Crippen LogP contribution < -0.4 is 5.69 Å². The van der Waals surface area contributed by atoms with Gasteiger partial charge in [0.1, 0.15) is 6.10 Å². The van der Waals surface area contributed by atoms with Gasteiger partial charge in [0.05, 0.1) is 16.6 Å². The highest BCUT2D eigenvalue weighted by molar-refractivity contribution is 5.86. The largest absolute Gasteiger partial charge is 0.445 e. The van der Waals surface area contributed by atoms with Crippen molar-refractivity contribution in [1.82, 2.24) is 14.5 Å². The summed E-state index contributed by atoms with van der Waals surface area (Å²) in [6.45, 7) is 0. The molecule has 26 heavy (non-hydrogen) atoms. The fourth-order valence-electron chi connectivity index (χ4n) is 4.12. The van der Waals surface area contributed by atoms with Gasteiger partial charge in [-0.15, -0.1) is 0 Å². The van der Waals surface area contributed by atoms with E-state index in [1.54, 1.807) is 0 Å². The summed E-state index contributed by atoms with van der Waals surface area (Å²) in [6, 6.07) is 3.49. The Kier molecular flexibility index (Phi) is 3.87. The van der Waals surface area contributed by atoms with Crippen molar-refractivity contribution >= 4 is 17.1 Å². The number of hydrogen-bond acceptors (Lipinski definition) is 4. The first-order valence-electron chi connectivity index (χ1n) is 8.49. The zero-order chi connectivity index (χ0) is 18.6. The number of rotatable bonds is 1. The van der Waals surface area contributed by atoms with Crippen molar-refractivity contribution in [1.29, 1.82) is 0 Å². The lowest BCUT2D eigenvalue weighted by atomic mass is 10.0. The lowest BCUT2D eigenvalue weighted by Gasteiger charge is -2.35. The second-order valence-electron chi connectivity index (χ2n) is 7.02. The third-order valence-electron chi connectivity index (χ3n) is 5.51. The third-order valence-corrected chi connectivity index (χ3v) is 5.51. The number of aromatic nitrogens is 2. The lowest BCUT2D eigenvalue weighted by molar-refractivity contribution is -0.137. The zero-order valence-corrected chi connectivity index (χ0v) is 14.0. The van der Waals surface area contributed by atoms with Crippen molar-refractivity contribution in [2.45, 2.75) is 50.0 Å². The summed E-state index contributed by atoms with van der Waals surface area (Å²) in [7, 11) is 2.06. The second-order valence-corrected chi connectivity index (χ2v) is 7.02. The quantitative estimate of drug-likeness (QED) is 0.839. The van der Waals surface area contributed by atoms with Crippen molar-refractivity contribution in [3.63, 3.8) is 0 Å². The summed E-state index contributed by atoms with van der Waals surface area (Å²) in [6.07, 6.45) is -2.15. The van der Waals surface area contributed by atoms with Gasteiger partial charge in [0.25, 0.3) is 0 Å². The maximum Gasteiger partial charge on any atom is 0.423 e. The molecule has 1 aromatic carbocycles. The van der Waals surface area contributed by atoms with Crippen molar-refractivity contribution in [3.05, 3.63) is 34.2 Å². The normalized spacial score (nSPS) is 26.4. The maximum absolute atomic E-state index is 12.8. The average molecular weight is 369 g/mol. The van der Waals surface area contributed by atoms with Crippen LogP contribution in [0.1, 0.15) is 31.2 Å². The molecule has 0 amide bonds. The number of halogens is 3. The van der Waals surface area contributed by atoms with E-state index in [2.05, 4.69) is 16.9 Å². The molecule has 2 aliphatic heterocycles. The van der Waals surface area contributed by atoms with Gasteiger partial charge >= 0.3 is 18.0 Å². The molecule has 2 fully saturated rings. The van der Waals surface area contributed by atoms with Crippen molar-refractivity contribution in [2.75, 3.05) is 7.05 Å². The number of fused-ring (bicyclic) bond motifs is 3. The van der Waals surface area contributed by atoms with Crippen molar-refractivity contribution in [2.24, 2.45) is 0 Å². The first-order chi connectivity index (χ1) is 12.2. The van der Waals surface area contributed by atoms with Gasteiger partial charge in [0.15, 0.2) is 0 Å². The maximum atomic E-state index is 12.8. The van der Waals surface area contributed by atoms with Crippen molar-refractivity contribution < 1.29 is 22.7 Å². The highest BCUT2D eigenvalue weighted by Crippen LogP contribution is 2.35. The Hall–Kier alpha value is -2.29. The van der Waals surface area contributed by atoms with Crippen LogP contribution in [-0.2, 0) is 10.9 Å². The predicted molar refractivity (Wildman–Crippen MR) is 87.0 cm³/mol. The number of carbonyl (C=O) groups is 1. The molecule has 9 heteroatoms. The molecular weight excluding hydrogens is 351 g/mol. The first-order valence-corrected chi connectivity index (χ1v) is 8.49. The van der Waals surface area contributed by atoms with E-state index in [0.717, 1.165) is 35.6 Å². The van der Waals surface area contributed by atoms with Gasteiger partial charge < -0.3 is 14.6 Å². The minimum absolute atomic E-state index is 0.0507. The molecule has 1 N–H and O–H groups in total. The first kappa shape index (κ1) is 17.1. The van der Waals surface area contributed by atoms with Crippen LogP contribution in [0.5, 0.6) is 0 Å². The Morgan fingerprint density at radius 2 is 1.88 bits per heavy atom. The number of H-pyrrole nitrogens is 1. The summed E-state index contributed by atoms with van der Waals surface area (Å²) in [5.41, 5.74) is -1.67. The van der Waals surface area contributed by atoms with Crippen LogP contribution >= 0.6 is 0 Å². The van der Waals surface area contributed by atoms with E-state index in [4.69, 9.17) is 4.74 Å². The Bertz CT molecular complexity index is 903. The number of hydrogen-bond donors (Lipinski definition) is 1. The van der Waals surface area contributed by atoms with Gasteiger partial charge in [-0.25, -0.2) is 9.59 Å². The molecule has 1 aromatic heterocycles. The lowest BCUT2D eigenvalue weighted by Crippen LogP contribution is -2.44. The summed E-state index contributed by atoms with van der Waals surface area (Å²) in [5.74, 6) is 0. The molecule has 2 unspecified atom stereocenters. The minimum atomic E-state index is -4.53. The molecule has 2 aromatic rings. The fourth-order valence-corrected chi connectivity index (χ4v) is 4.12. The van der Waals surface area contributed by atoms with E-state index in [1.165, 1.54) is 0 Å². The van der Waals surface area contributed by atoms with Crippen LogP contribution in [0.2, 0.25) is 0 Å². The van der Waals surface area contributed by atoms with Gasteiger partial charge in [-0.1, -0.05) is 0 Å². The Morgan fingerprint density at radius 3 is 2.50 bits per heavy atom. The zero-order valence-electron chi connectivity index (χ0n) is 14.0. The van der Waals surface area contributed by atoms with Gasteiger partial charge in [-0.2, -0.15) is 17.7 Å². The van der Waals surface area contributed by atoms with Crippen LogP contribution in [0.3, 0.4) is 0 Å². The van der Waals surface area contributed by atoms with Crippen LogP contribution in [0.25, 0.3) is 11.0 Å². The van der Waals surface area contributed by atoms with E-state index in [9.17, 15) is 22.8 Å². The number of carbonyl (C=O) groups excluding carboxylic acids is 1. The molecular formula is C17H18F3N3O3. The van der Waals surface area contributed by atoms with Gasteiger partial charge in [0, 0.05) is 24.9 Å². The summed E-state index contributed by atoms with van der Waals surface area (Å²) < 4.78 is 44.7. The molecule has 2 atom stereocenters. The number of benzene rings is 1. The molecule has 6 nitrogen and oxygen atoms in total. The average Bonchev–Trinajstić information content (AvgIpc) is 2.96. The topological polar surface area (TPSA) is 67.3 Å². The summed E-state index contributed by atoms with van der Waals surface area (Å²) in [4.78, 5) is 29.2. The van der Waals surface area contributed by atoms with E-state index in [0.29, 0.717) is 24.9 Å². The number of ether oxygens (including phenoxy) is 1. The molecule has 2 saturated heterocycles. The highest BCUT2D eigenvalue weighted by atomic mass is 19.4. The Labute approximate surface area is 146 Å². The second kappa shape index (κ2) is 5.87. The minimum Gasteiger partial charge on any atom is -0.445 e. The van der Waals surface area contributed by atoms with Gasteiger partial charge in [-0.3, -0.25) is 0 Å². The van der Waals surface area contributed by atoms with E-state index >= 15 is 0 Å². The molecule has 0 radical (unpaired) electrons.